The molecule has 0 aromatic heterocycles. The average molecular weight is 305 g/mol. The summed E-state index contributed by atoms with van der Waals surface area (Å²) >= 11 is 1.17. The van der Waals surface area contributed by atoms with Crippen molar-refractivity contribution in [2.24, 2.45) is 5.92 Å². The molecule has 0 aromatic carbocycles. The molecule has 1 unspecified atom stereocenters. The van der Waals surface area contributed by atoms with Crippen LogP contribution in [0.1, 0.15) is 32.1 Å². The van der Waals surface area contributed by atoms with Crippen molar-refractivity contribution in [1.29, 1.82) is 0 Å². The molecule has 0 heterocycles. The van der Waals surface area contributed by atoms with E-state index in [2.05, 4.69) is 17.9 Å². The molecule has 0 aliphatic heterocycles. The van der Waals surface area contributed by atoms with Crippen molar-refractivity contribution >= 4 is 11.9 Å². The summed E-state index contributed by atoms with van der Waals surface area (Å²) in [4.78, 5) is 0. The molecule has 1 saturated carbocycles. The number of halogens is 3. The average Bonchev–Trinajstić information content (AvgIpc) is 2.41. The lowest BCUT2D eigenvalue weighted by Crippen LogP contribution is -2.40. The molecule has 1 atom stereocenters. The van der Waals surface area contributed by atoms with E-state index in [0.29, 0.717) is 5.92 Å². The Labute approximate surface area is 123 Å². The lowest BCUT2D eigenvalue weighted by atomic mass is 9.91. The summed E-state index contributed by atoms with van der Waals surface area (Å²) in [5.41, 5.74) is 0.101. The molecule has 1 aliphatic carbocycles. The topological polar surface area (TPSA) is 12.0 Å². The van der Waals surface area contributed by atoms with Crippen molar-refractivity contribution in [1.82, 2.24) is 4.72 Å². The molecular formula is C15H22F3NS. The third-order valence-corrected chi connectivity index (χ3v) is 4.49. The first-order valence-electron chi connectivity index (χ1n) is 6.88. The third kappa shape index (κ3) is 5.75. The third-order valence-electron chi connectivity index (χ3n) is 3.45. The highest BCUT2D eigenvalue weighted by Crippen LogP contribution is 2.30. The molecular weight excluding hydrogens is 283 g/mol. The number of hydrogen-bond acceptors (Lipinski definition) is 2. The fraction of sp³-hybridized carbons (Fsp3) is 0.600. The van der Waals surface area contributed by atoms with E-state index in [9.17, 15) is 13.2 Å². The van der Waals surface area contributed by atoms with Gasteiger partial charge in [0.15, 0.2) is 0 Å². The smallest absolute Gasteiger partial charge is 0.248 e. The molecule has 114 valence electrons. The van der Waals surface area contributed by atoms with E-state index in [1.807, 2.05) is 0 Å². The maximum atomic E-state index is 13.0. The van der Waals surface area contributed by atoms with Gasteiger partial charge in [0.2, 0.25) is 0 Å². The van der Waals surface area contributed by atoms with E-state index < -0.39 is 12.2 Å². The molecule has 1 fully saturated rings. The largest absolute Gasteiger partial charge is 0.408 e. The predicted octanol–water partition coefficient (Wildman–Crippen LogP) is 5.03. The van der Waals surface area contributed by atoms with Crippen LogP contribution in [0.4, 0.5) is 13.2 Å². The van der Waals surface area contributed by atoms with Gasteiger partial charge in [0.25, 0.3) is 0 Å². The molecule has 20 heavy (non-hydrogen) atoms. The Bertz CT molecular complexity index is 344. The van der Waals surface area contributed by atoms with Crippen molar-refractivity contribution in [3.8, 4) is 0 Å². The van der Waals surface area contributed by atoms with E-state index in [4.69, 9.17) is 0 Å². The summed E-state index contributed by atoms with van der Waals surface area (Å²) in [7, 11) is 0. The van der Waals surface area contributed by atoms with Gasteiger partial charge >= 0.3 is 6.18 Å². The summed E-state index contributed by atoms with van der Waals surface area (Å²) in [6.07, 6.45) is 5.50. The van der Waals surface area contributed by atoms with Crippen LogP contribution in [0.2, 0.25) is 0 Å². The van der Waals surface area contributed by atoms with Crippen LogP contribution >= 0.6 is 11.9 Å². The summed E-state index contributed by atoms with van der Waals surface area (Å²) in [5, 5.41) is 0. The highest BCUT2D eigenvalue weighted by Gasteiger charge is 2.41. The van der Waals surface area contributed by atoms with Crippen molar-refractivity contribution < 1.29 is 13.2 Å². The zero-order valence-electron chi connectivity index (χ0n) is 11.6. The van der Waals surface area contributed by atoms with E-state index in [1.54, 1.807) is 0 Å². The lowest BCUT2D eigenvalue weighted by Gasteiger charge is -2.25. The maximum absolute atomic E-state index is 13.0. The maximum Gasteiger partial charge on any atom is 0.408 e. The normalized spacial score (nSPS) is 19.6. The Morgan fingerprint density at radius 2 is 1.90 bits per heavy atom. The molecule has 5 heteroatoms. The van der Waals surface area contributed by atoms with Gasteiger partial charge in [-0.05, 0) is 24.3 Å². The van der Waals surface area contributed by atoms with Crippen LogP contribution in [0, 0.1) is 5.92 Å². The number of nitrogens with one attached hydrogen (secondary N) is 1. The minimum atomic E-state index is -4.33. The van der Waals surface area contributed by atoms with Crippen molar-refractivity contribution in [3.63, 3.8) is 0 Å². The van der Waals surface area contributed by atoms with Gasteiger partial charge in [0.1, 0.15) is 6.04 Å². The number of hydrogen-bond donors (Lipinski definition) is 1. The van der Waals surface area contributed by atoms with Crippen molar-refractivity contribution in [3.05, 3.63) is 37.0 Å². The Balaban J connectivity index is 2.54. The van der Waals surface area contributed by atoms with E-state index in [0.717, 1.165) is 18.6 Å². The van der Waals surface area contributed by atoms with Crippen LogP contribution in [-0.2, 0) is 0 Å². The summed E-state index contributed by atoms with van der Waals surface area (Å²) in [6, 6.07) is -1.69. The molecule has 1 nitrogen and oxygen atoms in total. The number of rotatable bonds is 7. The van der Waals surface area contributed by atoms with Crippen LogP contribution in [0.5, 0.6) is 0 Å². The Kier molecular flexibility index (Phi) is 7.45. The monoisotopic (exact) mass is 305 g/mol. The first-order valence-corrected chi connectivity index (χ1v) is 7.86. The molecule has 1 rings (SSSR count). The molecule has 0 bridgehead atoms. The first kappa shape index (κ1) is 17.4. The fourth-order valence-corrected chi connectivity index (χ4v) is 3.45. The quantitative estimate of drug-likeness (QED) is 0.523. The predicted molar refractivity (Wildman–Crippen MR) is 80.5 cm³/mol. The van der Waals surface area contributed by atoms with Gasteiger partial charge in [-0.1, -0.05) is 62.6 Å². The van der Waals surface area contributed by atoms with Crippen molar-refractivity contribution in [2.75, 3.05) is 5.75 Å². The van der Waals surface area contributed by atoms with Gasteiger partial charge in [-0.25, -0.2) is 4.72 Å². The Morgan fingerprint density at radius 1 is 1.25 bits per heavy atom. The van der Waals surface area contributed by atoms with Gasteiger partial charge in [0, 0.05) is 5.75 Å². The minimum Gasteiger partial charge on any atom is -0.248 e. The fourth-order valence-electron chi connectivity index (χ4n) is 2.35. The van der Waals surface area contributed by atoms with E-state index in [1.165, 1.54) is 49.4 Å². The van der Waals surface area contributed by atoms with Crippen LogP contribution in [0.3, 0.4) is 0 Å². The van der Waals surface area contributed by atoms with Crippen LogP contribution < -0.4 is 4.72 Å². The summed E-state index contributed by atoms with van der Waals surface area (Å²) < 4.78 is 41.7. The van der Waals surface area contributed by atoms with Gasteiger partial charge in [-0.3, -0.25) is 0 Å². The molecule has 0 spiro atoms. The van der Waals surface area contributed by atoms with Crippen LogP contribution in [0.15, 0.2) is 37.0 Å². The first-order chi connectivity index (χ1) is 9.49. The Morgan fingerprint density at radius 3 is 2.40 bits per heavy atom. The molecule has 0 radical (unpaired) electrons. The van der Waals surface area contributed by atoms with E-state index in [-0.39, 0.29) is 5.57 Å². The molecule has 1 N–H and O–H groups in total. The highest BCUT2D eigenvalue weighted by atomic mass is 32.2. The second-order valence-corrected chi connectivity index (χ2v) is 5.87. The molecule has 1 aliphatic rings. The lowest BCUT2D eigenvalue weighted by molar-refractivity contribution is -0.141. The molecule has 0 aromatic rings. The van der Waals surface area contributed by atoms with Gasteiger partial charge in [-0.15, -0.1) is 0 Å². The standard InChI is InChI=1S/C15H22F3NS/c1-3-8-13(4-2)14(15(16,17)18)19-20-11-12-9-6-5-7-10-12/h3-4,8,12,14,19H,1-2,5-7,9-11H2/b13-8+. The van der Waals surface area contributed by atoms with Crippen molar-refractivity contribution in [2.45, 2.75) is 44.3 Å². The number of allylic oxidation sites excluding steroid dienone is 2. The number of alkyl halides is 3. The highest BCUT2D eigenvalue weighted by molar-refractivity contribution is 7.97. The molecule has 0 saturated heterocycles. The van der Waals surface area contributed by atoms with Crippen LogP contribution in [0.25, 0.3) is 0 Å². The summed E-state index contributed by atoms with van der Waals surface area (Å²) in [6.45, 7) is 6.89. The molecule has 0 amide bonds. The minimum absolute atomic E-state index is 0.101. The van der Waals surface area contributed by atoms with Gasteiger partial charge in [0.05, 0.1) is 0 Å². The van der Waals surface area contributed by atoms with Gasteiger partial charge in [-0.2, -0.15) is 13.2 Å². The SMILES string of the molecule is C=C/C=C(\C=C)C(NSCC1CCCCC1)C(F)(F)F. The zero-order chi connectivity index (χ0) is 15.0. The zero-order valence-corrected chi connectivity index (χ0v) is 12.4. The van der Waals surface area contributed by atoms with Gasteiger partial charge < -0.3 is 0 Å². The second kappa shape index (κ2) is 8.57. The second-order valence-electron chi connectivity index (χ2n) is 5.01. The Hall–Kier alpha value is -0.680. The summed E-state index contributed by atoms with van der Waals surface area (Å²) in [5.74, 6) is 1.26. The van der Waals surface area contributed by atoms with Crippen LogP contribution in [-0.4, -0.2) is 18.0 Å². The van der Waals surface area contributed by atoms with E-state index >= 15 is 0 Å².